The van der Waals surface area contributed by atoms with Crippen LogP contribution in [0.3, 0.4) is 0 Å². The van der Waals surface area contributed by atoms with E-state index in [4.69, 9.17) is 27.9 Å². The molecule has 1 aliphatic carbocycles. The maximum atomic E-state index is 14.6. The summed E-state index contributed by atoms with van der Waals surface area (Å²) in [6, 6.07) is 16.0. The Morgan fingerprint density at radius 1 is 1.05 bits per heavy atom. The van der Waals surface area contributed by atoms with Gasteiger partial charge in [0.05, 0.1) is 17.5 Å². The standard InChI is InChI=1S/C30H24Cl2FN3O3/c1-16-2-5-19(33)12-20(16)27-30(22-6-3-18(32)11-24(22)35-28(30)38)23(13-26(37)36-27)21-10-17(31)4-7-25(21)39-15-29(14-34)8-9-29/h2-7,10-12,23,27H,8-9,13,15H2,1H3,(H,35,38)(H,36,37)/t23-,27+,30-/m1/s1. The van der Waals surface area contributed by atoms with Crippen LogP contribution in [0.2, 0.25) is 10.0 Å². The number of aryl methyl sites for hydroxylation is 1. The molecule has 0 aromatic heterocycles. The molecule has 3 aromatic carbocycles. The fraction of sp³-hybridized carbons (Fsp3) is 0.300. The Bertz CT molecular complexity index is 1580. The largest absolute Gasteiger partial charge is 0.492 e. The number of amides is 2. The van der Waals surface area contributed by atoms with Crippen molar-refractivity contribution in [3.63, 3.8) is 0 Å². The van der Waals surface area contributed by atoms with Gasteiger partial charge in [0.2, 0.25) is 11.8 Å². The number of benzene rings is 3. The average Bonchev–Trinajstić information content (AvgIpc) is 3.64. The van der Waals surface area contributed by atoms with Crippen LogP contribution in [0.4, 0.5) is 10.1 Å². The molecule has 9 heteroatoms. The molecule has 198 valence electrons. The number of hydrogen-bond donors (Lipinski definition) is 2. The van der Waals surface area contributed by atoms with Crippen LogP contribution in [0.5, 0.6) is 5.75 Å². The number of hydrogen-bond acceptors (Lipinski definition) is 4. The van der Waals surface area contributed by atoms with E-state index in [0.717, 1.165) is 18.4 Å². The third-order valence-corrected chi connectivity index (χ3v) is 8.72. The summed E-state index contributed by atoms with van der Waals surface area (Å²) in [7, 11) is 0. The van der Waals surface area contributed by atoms with Crippen molar-refractivity contribution in [1.82, 2.24) is 5.32 Å². The third kappa shape index (κ3) is 4.14. The molecule has 0 unspecified atom stereocenters. The van der Waals surface area contributed by atoms with Crippen LogP contribution in [0.25, 0.3) is 0 Å². The van der Waals surface area contributed by atoms with Gasteiger partial charge in [0.15, 0.2) is 0 Å². The van der Waals surface area contributed by atoms with E-state index in [1.807, 2.05) is 6.92 Å². The number of anilines is 1. The van der Waals surface area contributed by atoms with Gasteiger partial charge in [-0.05, 0) is 78.9 Å². The SMILES string of the molecule is Cc1ccc(F)cc1[C@@H]1NC(=O)C[C@H](c2cc(Cl)ccc2OCC2(C#N)CC2)[C@@]12C(=O)Nc1cc(Cl)ccc12. The molecule has 1 saturated carbocycles. The lowest BCUT2D eigenvalue weighted by molar-refractivity contribution is -0.131. The summed E-state index contributed by atoms with van der Waals surface area (Å²) < 4.78 is 20.8. The van der Waals surface area contributed by atoms with E-state index < -0.39 is 28.6 Å². The minimum absolute atomic E-state index is 0.0412. The third-order valence-electron chi connectivity index (χ3n) is 8.25. The van der Waals surface area contributed by atoms with E-state index in [1.165, 1.54) is 12.1 Å². The second-order valence-corrected chi connectivity index (χ2v) is 11.5. The normalized spacial score (nSPS) is 24.5. The number of carbonyl (C=O) groups excluding carboxylic acids is 2. The average molecular weight is 564 g/mol. The molecule has 2 amide bonds. The molecule has 1 saturated heterocycles. The first kappa shape index (κ1) is 25.7. The molecular formula is C30H24Cl2FN3O3. The highest BCUT2D eigenvalue weighted by molar-refractivity contribution is 6.31. The van der Waals surface area contributed by atoms with Crippen molar-refractivity contribution in [1.29, 1.82) is 5.26 Å². The number of fused-ring (bicyclic) bond motifs is 2. The molecule has 0 radical (unpaired) electrons. The molecule has 2 aliphatic heterocycles. The van der Waals surface area contributed by atoms with Gasteiger partial charge in [-0.1, -0.05) is 35.3 Å². The zero-order valence-corrected chi connectivity index (χ0v) is 22.5. The lowest BCUT2D eigenvalue weighted by atomic mass is 9.59. The number of nitrogens with one attached hydrogen (secondary N) is 2. The minimum atomic E-state index is -1.37. The second-order valence-electron chi connectivity index (χ2n) is 10.6. The number of carbonyl (C=O) groups is 2. The minimum Gasteiger partial charge on any atom is -0.492 e. The van der Waals surface area contributed by atoms with Crippen molar-refractivity contribution in [2.75, 3.05) is 11.9 Å². The summed E-state index contributed by atoms with van der Waals surface area (Å²) in [4.78, 5) is 27.6. The second kappa shape index (κ2) is 9.25. The number of nitriles is 1. The molecular weight excluding hydrogens is 540 g/mol. The monoisotopic (exact) mass is 563 g/mol. The first-order chi connectivity index (χ1) is 18.7. The molecule has 2 N–H and O–H groups in total. The Morgan fingerprint density at radius 2 is 1.79 bits per heavy atom. The molecule has 6 rings (SSSR count). The number of nitrogens with zero attached hydrogens (tertiary/aromatic N) is 1. The molecule has 1 spiro atoms. The highest BCUT2D eigenvalue weighted by Gasteiger charge is 2.62. The zero-order chi connectivity index (χ0) is 27.5. The van der Waals surface area contributed by atoms with Crippen molar-refractivity contribution in [2.45, 2.75) is 43.6 Å². The molecule has 3 atom stereocenters. The summed E-state index contributed by atoms with van der Waals surface area (Å²) in [6.07, 6.45) is 1.46. The summed E-state index contributed by atoms with van der Waals surface area (Å²) >= 11 is 12.8. The van der Waals surface area contributed by atoms with Crippen molar-refractivity contribution in [3.8, 4) is 11.8 Å². The zero-order valence-electron chi connectivity index (χ0n) is 21.0. The molecule has 3 aromatic rings. The van der Waals surface area contributed by atoms with E-state index in [1.54, 1.807) is 42.5 Å². The van der Waals surface area contributed by atoms with Crippen LogP contribution in [0.1, 0.15) is 53.5 Å². The predicted molar refractivity (Wildman–Crippen MR) is 145 cm³/mol. The molecule has 0 bridgehead atoms. The topological polar surface area (TPSA) is 91.2 Å². The first-order valence-corrected chi connectivity index (χ1v) is 13.4. The Hall–Kier alpha value is -3.60. The van der Waals surface area contributed by atoms with E-state index in [2.05, 4.69) is 16.7 Å². The van der Waals surface area contributed by atoms with Gasteiger partial charge in [-0.15, -0.1) is 0 Å². The van der Waals surface area contributed by atoms with Crippen molar-refractivity contribution in [2.24, 2.45) is 5.41 Å². The summed E-state index contributed by atoms with van der Waals surface area (Å²) in [5.41, 5.74) is 1.05. The number of halogens is 3. The van der Waals surface area contributed by atoms with Gasteiger partial charge in [-0.25, -0.2) is 4.39 Å². The van der Waals surface area contributed by atoms with Gasteiger partial charge in [0, 0.05) is 33.6 Å². The van der Waals surface area contributed by atoms with Crippen LogP contribution in [-0.4, -0.2) is 18.4 Å². The van der Waals surface area contributed by atoms with E-state index in [0.29, 0.717) is 38.2 Å². The van der Waals surface area contributed by atoms with Crippen LogP contribution in [0.15, 0.2) is 54.6 Å². The highest BCUT2D eigenvalue weighted by atomic mass is 35.5. The van der Waals surface area contributed by atoms with Crippen LogP contribution in [-0.2, 0) is 15.0 Å². The summed E-state index contributed by atoms with van der Waals surface area (Å²) in [6.45, 7) is 2.01. The Morgan fingerprint density at radius 3 is 2.54 bits per heavy atom. The van der Waals surface area contributed by atoms with E-state index in [-0.39, 0.29) is 24.8 Å². The van der Waals surface area contributed by atoms with Gasteiger partial charge < -0.3 is 15.4 Å². The number of rotatable bonds is 5. The van der Waals surface area contributed by atoms with Crippen LogP contribution in [0, 0.1) is 29.5 Å². The Kier molecular flexibility index (Phi) is 6.09. The fourth-order valence-corrected chi connectivity index (χ4v) is 6.37. The predicted octanol–water partition coefficient (Wildman–Crippen LogP) is 6.36. The van der Waals surface area contributed by atoms with Crippen LogP contribution < -0.4 is 15.4 Å². The maximum absolute atomic E-state index is 14.6. The lowest BCUT2D eigenvalue weighted by Crippen LogP contribution is -2.57. The molecule has 2 heterocycles. The van der Waals surface area contributed by atoms with E-state index in [9.17, 15) is 19.2 Å². The number of piperidine rings is 1. The van der Waals surface area contributed by atoms with Crippen molar-refractivity contribution >= 4 is 40.7 Å². The van der Waals surface area contributed by atoms with Gasteiger partial charge in [0.25, 0.3) is 0 Å². The first-order valence-electron chi connectivity index (χ1n) is 12.7. The summed E-state index contributed by atoms with van der Waals surface area (Å²) in [5, 5.41) is 16.4. The van der Waals surface area contributed by atoms with Gasteiger partial charge in [-0.2, -0.15) is 5.26 Å². The number of ether oxygens (including phenoxy) is 1. The van der Waals surface area contributed by atoms with Gasteiger partial charge >= 0.3 is 0 Å². The maximum Gasteiger partial charge on any atom is 0.238 e. The Balaban J connectivity index is 1.59. The van der Waals surface area contributed by atoms with Gasteiger partial charge in [0.1, 0.15) is 23.6 Å². The lowest BCUT2D eigenvalue weighted by Gasteiger charge is -2.47. The van der Waals surface area contributed by atoms with Crippen molar-refractivity contribution < 1.29 is 18.7 Å². The quantitative estimate of drug-likeness (QED) is 0.378. The smallest absolute Gasteiger partial charge is 0.238 e. The van der Waals surface area contributed by atoms with Crippen LogP contribution >= 0.6 is 23.2 Å². The molecule has 6 nitrogen and oxygen atoms in total. The molecule has 39 heavy (non-hydrogen) atoms. The summed E-state index contributed by atoms with van der Waals surface area (Å²) in [5.74, 6) is -1.40. The van der Waals surface area contributed by atoms with Crippen molar-refractivity contribution in [3.05, 3.63) is 92.7 Å². The molecule has 3 aliphatic rings. The molecule has 2 fully saturated rings. The van der Waals surface area contributed by atoms with Gasteiger partial charge in [-0.3, -0.25) is 9.59 Å². The fourth-order valence-electron chi connectivity index (χ4n) is 6.02. The Labute approximate surface area is 235 Å². The van der Waals surface area contributed by atoms with E-state index >= 15 is 0 Å². The highest BCUT2D eigenvalue weighted by Crippen LogP contribution is 2.59.